The molecule has 0 bridgehead atoms. The highest BCUT2D eigenvalue weighted by Gasteiger charge is 2.61. The standard InChI is InChI=1S/C57H95Cl15O6/c1-4-7-10-13-16-19-22-25-28-31-34-37-40-46(58)52(61,62)55(67,68)49(73)76-43-45(78-51(75)57(71,72)54(65,66)48(60)42-39-36-33-30-27-24-21-18-15-12-9-6-3)44-77-50(74)56(69,70)53(63,64)47(59)41-38-35-32-29-26-23-20-17-14-11-8-5-2/h45-48H,4-44H2,1-3H3. The quantitative estimate of drug-likeness (QED) is 0.0261. The molecule has 3 atom stereocenters. The van der Waals surface area contributed by atoms with Crippen LogP contribution in [-0.4, -0.2) is 79.4 Å². The van der Waals surface area contributed by atoms with E-state index < -0.39 is 79.4 Å². The maximum absolute atomic E-state index is 13.9. The fourth-order valence-corrected chi connectivity index (χ4v) is 12.4. The van der Waals surface area contributed by atoms with E-state index in [1.54, 1.807) is 0 Å². The van der Waals surface area contributed by atoms with Crippen LogP contribution in [0.1, 0.15) is 271 Å². The lowest BCUT2D eigenvalue weighted by Gasteiger charge is -2.36. The summed E-state index contributed by atoms with van der Waals surface area (Å²) in [6, 6.07) is 0. The van der Waals surface area contributed by atoms with Crippen LogP contribution in [0.25, 0.3) is 0 Å². The van der Waals surface area contributed by atoms with E-state index in [1.165, 1.54) is 135 Å². The van der Waals surface area contributed by atoms with Crippen LogP contribution in [0.3, 0.4) is 0 Å². The van der Waals surface area contributed by atoms with Crippen molar-refractivity contribution in [1.29, 1.82) is 0 Å². The lowest BCUT2D eigenvalue weighted by molar-refractivity contribution is -0.168. The summed E-state index contributed by atoms with van der Waals surface area (Å²) in [4.78, 5) is 41.2. The summed E-state index contributed by atoms with van der Waals surface area (Å²) in [6.07, 6.45) is 39.5. The number of esters is 3. The van der Waals surface area contributed by atoms with Crippen molar-refractivity contribution in [3.05, 3.63) is 0 Å². The van der Waals surface area contributed by atoms with Crippen molar-refractivity contribution < 1.29 is 28.6 Å². The van der Waals surface area contributed by atoms with E-state index in [9.17, 15) is 14.4 Å². The minimum atomic E-state index is -2.74. The molecule has 0 heterocycles. The second kappa shape index (κ2) is 46.0. The number of carbonyl (C=O) groups is 3. The molecule has 0 aliphatic heterocycles. The predicted octanol–water partition coefficient (Wildman–Crippen LogP) is 24.1. The SMILES string of the molecule is CCCCCCCCCCCCCCC(Cl)C(Cl)(Cl)C(Cl)(Cl)C(=O)OCC(COC(=O)C(Cl)(Cl)C(Cl)(Cl)C(Cl)CCCCCCCCCCCCCC)OC(=O)C(Cl)(Cl)C(Cl)(Cl)C(Cl)CCCCCCCCCCCCCC. The summed E-state index contributed by atoms with van der Waals surface area (Å²) in [5.41, 5.74) is 0. The van der Waals surface area contributed by atoms with E-state index in [0.29, 0.717) is 19.3 Å². The smallest absolute Gasteiger partial charge is 0.346 e. The van der Waals surface area contributed by atoms with Gasteiger partial charge < -0.3 is 14.2 Å². The molecular weight excluding hydrogens is 1310 g/mol. The number of ether oxygens (including phenoxy) is 3. The Kier molecular flexibility index (Phi) is 47.6. The molecular formula is C57H95Cl15O6. The van der Waals surface area contributed by atoms with Gasteiger partial charge in [-0.3, -0.25) is 0 Å². The third-order valence-electron chi connectivity index (χ3n) is 14.2. The van der Waals surface area contributed by atoms with Gasteiger partial charge in [-0.2, -0.15) is 0 Å². The Bertz CT molecular complexity index is 1470. The predicted molar refractivity (Wildman–Crippen MR) is 344 cm³/mol. The van der Waals surface area contributed by atoms with Gasteiger partial charge in [0, 0.05) is 0 Å². The molecule has 0 saturated heterocycles. The fourth-order valence-electron chi connectivity index (χ4n) is 8.90. The summed E-state index contributed by atoms with van der Waals surface area (Å²) in [7, 11) is 0. The average Bonchev–Trinajstić information content (AvgIpc) is 3.39. The molecule has 0 amide bonds. The summed E-state index contributed by atoms with van der Waals surface area (Å²) < 4.78 is 1.43. The Hall–Kier alpha value is 2.76. The summed E-state index contributed by atoms with van der Waals surface area (Å²) in [5, 5.41) is -3.35. The van der Waals surface area contributed by atoms with Gasteiger partial charge >= 0.3 is 17.9 Å². The van der Waals surface area contributed by atoms with E-state index in [4.69, 9.17) is 188 Å². The first-order valence-corrected chi connectivity index (χ1v) is 35.3. The molecule has 0 fully saturated rings. The van der Waals surface area contributed by atoms with Crippen molar-refractivity contribution in [2.45, 2.75) is 319 Å². The van der Waals surface area contributed by atoms with Crippen LogP contribution >= 0.6 is 174 Å². The van der Waals surface area contributed by atoms with Crippen LogP contribution in [-0.2, 0) is 28.6 Å². The molecule has 0 aromatic rings. The zero-order valence-electron chi connectivity index (χ0n) is 46.9. The maximum atomic E-state index is 13.9. The molecule has 0 aromatic heterocycles. The molecule has 78 heavy (non-hydrogen) atoms. The molecule has 0 aliphatic rings. The second-order valence-corrected chi connectivity index (χ2v) is 31.0. The monoisotopic (exact) mass is 1400 g/mol. The normalized spacial score (nSPS) is 14.5. The topological polar surface area (TPSA) is 78.9 Å². The van der Waals surface area contributed by atoms with Crippen LogP contribution < -0.4 is 0 Å². The first-order valence-electron chi connectivity index (χ1n) is 29.5. The van der Waals surface area contributed by atoms with Gasteiger partial charge in [0.1, 0.15) is 13.2 Å². The second-order valence-electron chi connectivity index (χ2n) is 21.3. The molecule has 0 saturated carbocycles. The molecule has 0 aliphatic carbocycles. The summed E-state index contributed by atoms with van der Waals surface area (Å²) >= 11 is 99.2. The average molecular weight is 1410 g/mol. The molecule has 21 heteroatoms. The molecule has 0 rings (SSSR count). The number of carbonyl (C=O) groups excluding carboxylic acids is 3. The molecule has 6 nitrogen and oxygen atoms in total. The Morgan fingerprint density at radius 1 is 0.295 bits per heavy atom. The van der Waals surface area contributed by atoms with Gasteiger partial charge in [0.05, 0.1) is 16.1 Å². The lowest BCUT2D eigenvalue weighted by Crippen LogP contribution is -2.53. The van der Waals surface area contributed by atoms with Crippen LogP contribution in [0, 0.1) is 0 Å². The zero-order chi connectivity index (χ0) is 59.2. The lowest BCUT2D eigenvalue weighted by atomic mass is 10.0. The van der Waals surface area contributed by atoms with Crippen LogP contribution in [0.4, 0.5) is 0 Å². The summed E-state index contributed by atoms with van der Waals surface area (Å²) in [5.74, 6) is -4.21. The van der Waals surface area contributed by atoms with Gasteiger partial charge in [0.15, 0.2) is 19.1 Å². The molecule has 464 valence electrons. The van der Waals surface area contributed by atoms with Gasteiger partial charge in [-0.15, -0.1) is 34.8 Å². The Balaban J connectivity index is 5.85. The van der Waals surface area contributed by atoms with E-state index in [-0.39, 0.29) is 19.3 Å². The molecule has 0 aromatic carbocycles. The third-order valence-corrected chi connectivity index (χ3v) is 23.7. The number of halogens is 15. The largest absolute Gasteiger partial charge is 0.459 e. The van der Waals surface area contributed by atoms with Crippen LogP contribution in [0.5, 0.6) is 0 Å². The van der Waals surface area contributed by atoms with Gasteiger partial charge in [-0.05, 0) is 19.3 Å². The first kappa shape index (κ1) is 80.8. The van der Waals surface area contributed by atoms with E-state index in [0.717, 1.165) is 77.0 Å². The fraction of sp³-hybridized carbons (Fsp3) is 0.947. The molecule has 0 spiro atoms. The van der Waals surface area contributed by atoms with Crippen molar-refractivity contribution >= 4 is 192 Å². The third kappa shape index (κ3) is 32.1. The highest BCUT2D eigenvalue weighted by molar-refractivity contribution is 6.71. The number of unbranched alkanes of at least 4 members (excludes halogenated alkanes) is 33. The van der Waals surface area contributed by atoms with Gasteiger partial charge in [0.2, 0.25) is 13.0 Å². The van der Waals surface area contributed by atoms with Gasteiger partial charge in [0.25, 0.3) is 0 Å². The number of hydrogen-bond acceptors (Lipinski definition) is 6. The minimum Gasteiger partial charge on any atom is -0.459 e. The van der Waals surface area contributed by atoms with Crippen molar-refractivity contribution in [2.75, 3.05) is 13.2 Å². The maximum Gasteiger partial charge on any atom is 0.346 e. The minimum absolute atomic E-state index is 0.249. The highest BCUT2D eigenvalue weighted by atomic mass is 35.6. The van der Waals surface area contributed by atoms with Crippen molar-refractivity contribution in [2.24, 2.45) is 0 Å². The van der Waals surface area contributed by atoms with Crippen molar-refractivity contribution in [1.82, 2.24) is 0 Å². The first-order chi connectivity index (χ1) is 36.7. The molecule has 0 N–H and O–H groups in total. The zero-order valence-corrected chi connectivity index (χ0v) is 58.3. The number of rotatable bonds is 53. The Morgan fingerprint density at radius 2 is 0.474 bits per heavy atom. The Morgan fingerprint density at radius 3 is 0.679 bits per heavy atom. The number of alkyl halides is 15. The van der Waals surface area contributed by atoms with Gasteiger partial charge in [-0.25, -0.2) is 14.4 Å². The van der Waals surface area contributed by atoms with Crippen LogP contribution in [0.15, 0.2) is 0 Å². The molecule has 0 radical (unpaired) electrons. The number of hydrogen-bond donors (Lipinski definition) is 0. The van der Waals surface area contributed by atoms with Crippen molar-refractivity contribution in [3.8, 4) is 0 Å². The summed E-state index contributed by atoms with van der Waals surface area (Å²) in [6.45, 7) is 4.81. The van der Waals surface area contributed by atoms with E-state index in [2.05, 4.69) is 20.8 Å². The van der Waals surface area contributed by atoms with Gasteiger partial charge in [-0.1, -0.05) is 391 Å². The Labute approximate surface area is 548 Å². The van der Waals surface area contributed by atoms with Crippen molar-refractivity contribution in [3.63, 3.8) is 0 Å². The molecule has 3 unspecified atom stereocenters. The van der Waals surface area contributed by atoms with Crippen LogP contribution in [0.2, 0.25) is 0 Å². The van der Waals surface area contributed by atoms with E-state index in [1.807, 2.05) is 0 Å². The highest BCUT2D eigenvalue weighted by Crippen LogP contribution is 2.52. The van der Waals surface area contributed by atoms with E-state index >= 15 is 0 Å².